The second-order valence-electron chi connectivity index (χ2n) is 9.08. The Labute approximate surface area is 208 Å². The van der Waals surface area contributed by atoms with Gasteiger partial charge in [-0.1, -0.05) is 0 Å². The van der Waals surface area contributed by atoms with E-state index >= 15 is 0 Å². The first-order valence-electron chi connectivity index (χ1n) is 12.0. The number of carbonyl (C=O) groups excluding carboxylic acids is 2. The van der Waals surface area contributed by atoms with Crippen molar-refractivity contribution < 1.29 is 23.8 Å². The molecule has 0 spiro atoms. The molecule has 1 atom stereocenters. The van der Waals surface area contributed by atoms with Gasteiger partial charge in [0, 0.05) is 34.9 Å². The number of aryl methyl sites for hydroxylation is 1. The quantitative estimate of drug-likeness (QED) is 0.580. The van der Waals surface area contributed by atoms with Gasteiger partial charge in [0.05, 0.1) is 26.9 Å². The second-order valence-corrected chi connectivity index (χ2v) is 10.2. The Morgan fingerprint density at radius 1 is 0.971 bits per heavy atom. The predicted octanol–water partition coefficient (Wildman–Crippen LogP) is 5.05. The van der Waals surface area contributed by atoms with Crippen LogP contribution in [0.3, 0.4) is 0 Å². The summed E-state index contributed by atoms with van der Waals surface area (Å²) in [6.45, 7) is 0. The van der Waals surface area contributed by atoms with Crippen LogP contribution in [0.1, 0.15) is 66.0 Å². The SMILES string of the molecule is COc1cc(C2CC(=O)N(c3sc4c(c3C#N)CCCC4)C3=C2C(=O)CCC3)cc(OC)c1OC. The first-order valence-corrected chi connectivity index (χ1v) is 12.8. The minimum absolute atomic E-state index is 0.0577. The van der Waals surface area contributed by atoms with Gasteiger partial charge in [-0.25, -0.2) is 0 Å². The number of hydrogen-bond acceptors (Lipinski definition) is 7. The Morgan fingerprint density at radius 3 is 2.34 bits per heavy atom. The molecule has 0 radical (unpaired) electrons. The summed E-state index contributed by atoms with van der Waals surface area (Å²) in [5, 5.41) is 10.7. The van der Waals surface area contributed by atoms with Gasteiger partial charge < -0.3 is 14.2 Å². The number of ketones is 1. The maximum Gasteiger partial charge on any atom is 0.232 e. The molecule has 0 saturated heterocycles. The Morgan fingerprint density at radius 2 is 1.69 bits per heavy atom. The summed E-state index contributed by atoms with van der Waals surface area (Å²) in [6, 6.07) is 6.03. The number of rotatable bonds is 5. The number of Topliss-reactive ketones (excluding diaryl/α,β-unsaturated/α-hetero) is 1. The Hall–Kier alpha value is -3.31. The second kappa shape index (κ2) is 9.38. The first kappa shape index (κ1) is 23.4. The summed E-state index contributed by atoms with van der Waals surface area (Å²) in [4.78, 5) is 30.0. The van der Waals surface area contributed by atoms with E-state index in [-0.39, 0.29) is 18.1 Å². The van der Waals surface area contributed by atoms with Crippen LogP contribution in [0.15, 0.2) is 23.4 Å². The third-order valence-electron chi connectivity index (χ3n) is 7.23. The van der Waals surface area contributed by atoms with Gasteiger partial charge >= 0.3 is 0 Å². The highest BCUT2D eigenvalue weighted by atomic mass is 32.1. The van der Waals surface area contributed by atoms with Crippen molar-refractivity contribution in [3.8, 4) is 23.3 Å². The third kappa shape index (κ3) is 3.79. The number of benzene rings is 1. The number of ether oxygens (including phenoxy) is 3. The number of allylic oxidation sites excluding steroid dienone is 2. The molecule has 7 nitrogen and oxygen atoms in total. The lowest BCUT2D eigenvalue weighted by Gasteiger charge is -2.38. The molecular formula is C27H28N2O5S. The first-order chi connectivity index (χ1) is 17.0. The van der Waals surface area contributed by atoms with Gasteiger partial charge in [-0.2, -0.15) is 5.26 Å². The molecular weight excluding hydrogens is 464 g/mol. The minimum Gasteiger partial charge on any atom is -0.493 e. The highest BCUT2D eigenvalue weighted by Crippen LogP contribution is 2.50. The zero-order valence-corrected chi connectivity index (χ0v) is 21.0. The van der Waals surface area contributed by atoms with Crippen LogP contribution in [0, 0.1) is 11.3 Å². The third-order valence-corrected chi connectivity index (χ3v) is 8.51. The normalized spacial score (nSPS) is 19.7. The van der Waals surface area contributed by atoms with Gasteiger partial charge in [0.15, 0.2) is 17.3 Å². The molecule has 1 unspecified atom stereocenters. The molecule has 2 aromatic rings. The van der Waals surface area contributed by atoms with E-state index in [9.17, 15) is 14.9 Å². The summed E-state index contributed by atoms with van der Waals surface area (Å²) < 4.78 is 16.5. The van der Waals surface area contributed by atoms with Gasteiger partial charge in [0.25, 0.3) is 0 Å². The molecule has 1 aromatic carbocycles. The molecule has 1 aliphatic heterocycles. The fourth-order valence-corrected chi connectivity index (χ4v) is 7.02. The van der Waals surface area contributed by atoms with Gasteiger partial charge in [0.1, 0.15) is 11.1 Å². The molecule has 2 heterocycles. The lowest BCUT2D eigenvalue weighted by atomic mass is 9.77. The molecule has 2 aliphatic carbocycles. The van der Waals surface area contributed by atoms with E-state index in [1.807, 2.05) is 12.1 Å². The molecule has 3 aliphatic rings. The Bertz CT molecular complexity index is 1260. The predicted molar refractivity (Wildman–Crippen MR) is 133 cm³/mol. The summed E-state index contributed by atoms with van der Waals surface area (Å²) in [5.74, 6) is 0.999. The number of hydrogen-bond donors (Lipinski definition) is 0. The molecule has 0 N–H and O–H groups in total. The minimum atomic E-state index is -0.407. The van der Waals surface area contributed by atoms with Crippen LogP contribution >= 0.6 is 11.3 Å². The van der Waals surface area contributed by atoms with Gasteiger partial charge in [-0.3, -0.25) is 14.5 Å². The molecule has 5 rings (SSSR count). The van der Waals surface area contributed by atoms with Crippen molar-refractivity contribution in [2.75, 3.05) is 26.2 Å². The molecule has 1 amide bonds. The van der Waals surface area contributed by atoms with Crippen molar-refractivity contribution in [3.63, 3.8) is 0 Å². The van der Waals surface area contributed by atoms with Crippen molar-refractivity contribution in [1.82, 2.24) is 0 Å². The molecule has 0 fully saturated rings. The summed E-state index contributed by atoms with van der Waals surface area (Å²) >= 11 is 1.55. The summed E-state index contributed by atoms with van der Waals surface area (Å²) in [5.41, 5.74) is 3.88. The van der Waals surface area contributed by atoms with Crippen molar-refractivity contribution in [2.24, 2.45) is 0 Å². The van der Waals surface area contributed by atoms with Crippen LogP contribution in [-0.2, 0) is 22.4 Å². The van der Waals surface area contributed by atoms with Crippen LogP contribution < -0.4 is 19.1 Å². The van der Waals surface area contributed by atoms with Crippen molar-refractivity contribution in [2.45, 2.75) is 57.3 Å². The van der Waals surface area contributed by atoms with Gasteiger partial charge in [-0.15, -0.1) is 11.3 Å². The van der Waals surface area contributed by atoms with Crippen molar-refractivity contribution in [3.05, 3.63) is 45.0 Å². The zero-order valence-electron chi connectivity index (χ0n) is 20.2. The summed E-state index contributed by atoms with van der Waals surface area (Å²) in [6.07, 6.45) is 5.87. The standard InChI is InChI=1S/C27H28N2O5S/c1-32-21-11-15(12-22(33-2)26(21)34-3)17-13-24(31)29(19-8-6-9-20(30)25(17)19)27-18(14-28)16-7-4-5-10-23(16)35-27/h11-12,17H,4-10,13H2,1-3H3. The fraction of sp³-hybridized carbons (Fsp3) is 0.444. The monoisotopic (exact) mass is 492 g/mol. The van der Waals surface area contributed by atoms with E-state index in [0.29, 0.717) is 52.6 Å². The van der Waals surface area contributed by atoms with E-state index in [1.54, 1.807) is 37.6 Å². The average molecular weight is 493 g/mol. The number of nitriles is 1. The molecule has 0 bridgehead atoms. The Balaban J connectivity index is 1.67. The van der Waals surface area contributed by atoms with E-state index in [2.05, 4.69) is 6.07 Å². The van der Waals surface area contributed by atoms with Crippen LogP contribution in [0.2, 0.25) is 0 Å². The largest absolute Gasteiger partial charge is 0.493 e. The maximum absolute atomic E-state index is 13.7. The lowest BCUT2D eigenvalue weighted by Crippen LogP contribution is -2.40. The van der Waals surface area contributed by atoms with Crippen LogP contribution in [-0.4, -0.2) is 33.0 Å². The van der Waals surface area contributed by atoms with E-state index < -0.39 is 5.92 Å². The number of amides is 1. The number of thiophene rings is 1. The molecule has 1 aromatic heterocycles. The number of anilines is 1. The van der Waals surface area contributed by atoms with Crippen LogP contribution in [0.5, 0.6) is 17.2 Å². The molecule has 182 valence electrons. The van der Waals surface area contributed by atoms with E-state index in [4.69, 9.17) is 14.2 Å². The number of fused-ring (bicyclic) bond motifs is 1. The smallest absolute Gasteiger partial charge is 0.232 e. The Kier molecular flexibility index (Phi) is 6.28. The number of methoxy groups -OCH3 is 3. The highest BCUT2D eigenvalue weighted by Gasteiger charge is 2.42. The topological polar surface area (TPSA) is 88.9 Å². The van der Waals surface area contributed by atoms with Crippen LogP contribution in [0.25, 0.3) is 0 Å². The molecule has 35 heavy (non-hydrogen) atoms. The fourth-order valence-electron chi connectivity index (χ4n) is 5.64. The summed E-state index contributed by atoms with van der Waals surface area (Å²) in [7, 11) is 4.64. The van der Waals surface area contributed by atoms with E-state index in [1.165, 1.54) is 4.88 Å². The van der Waals surface area contributed by atoms with Crippen LogP contribution in [0.4, 0.5) is 5.00 Å². The van der Waals surface area contributed by atoms with Gasteiger partial charge in [0.2, 0.25) is 11.7 Å². The van der Waals surface area contributed by atoms with E-state index in [0.717, 1.165) is 42.5 Å². The number of carbonyl (C=O) groups is 2. The maximum atomic E-state index is 13.7. The average Bonchev–Trinajstić information content (AvgIpc) is 3.25. The lowest BCUT2D eigenvalue weighted by molar-refractivity contribution is -0.119. The molecule has 8 heteroatoms. The number of nitrogens with zero attached hydrogens (tertiary/aromatic N) is 2. The highest BCUT2D eigenvalue weighted by molar-refractivity contribution is 7.16. The van der Waals surface area contributed by atoms with Crippen molar-refractivity contribution in [1.29, 1.82) is 5.26 Å². The van der Waals surface area contributed by atoms with Crippen molar-refractivity contribution >= 4 is 28.0 Å². The van der Waals surface area contributed by atoms with Gasteiger partial charge in [-0.05, 0) is 61.8 Å². The molecule has 0 saturated carbocycles. The zero-order chi connectivity index (χ0) is 24.7.